The minimum atomic E-state index is -0.0577. The minimum absolute atomic E-state index is 0.0577. The van der Waals surface area contributed by atoms with Crippen molar-refractivity contribution >= 4 is 39.0 Å². The third-order valence-electron chi connectivity index (χ3n) is 2.13. The topological polar surface area (TPSA) is 38.7 Å². The van der Waals surface area contributed by atoms with Crippen molar-refractivity contribution in [2.75, 3.05) is 0 Å². The quantitative estimate of drug-likeness (QED) is 0.755. The van der Waals surface area contributed by atoms with E-state index in [1.165, 1.54) is 0 Å². The number of nitrogens with zero attached hydrogens (tertiary/aromatic N) is 3. The summed E-state index contributed by atoms with van der Waals surface area (Å²) < 4.78 is 1.83. The molecule has 0 aliphatic rings. The van der Waals surface area contributed by atoms with Gasteiger partial charge in [0.2, 0.25) is 0 Å². The van der Waals surface area contributed by atoms with Gasteiger partial charge >= 0.3 is 0 Å². The van der Waals surface area contributed by atoms with E-state index in [4.69, 9.17) is 0 Å². The molecule has 2 aromatic rings. The van der Waals surface area contributed by atoms with Crippen LogP contribution in [0.1, 0.15) is 32.3 Å². The smallest absolute Gasteiger partial charge is 0.156 e. The van der Waals surface area contributed by atoms with Crippen LogP contribution in [0.5, 0.6) is 0 Å². The van der Waals surface area contributed by atoms with Crippen molar-refractivity contribution in [3.05, 3.63) is 27.6 Å². The lowest BCUT2D eigenvalue weighted by Crippen LogP contribution is -2.16. The maximum atomic E-state index is 4.60. The Bertz CT molecular complexity index is 561. The maximum Gasteiger partial charge on any atom is 0.156 e. The van der Waals surface area contributed by atoms with E-state index in [1.807, 2.05) is 18.4 Å². The highest BCUT2D eigenvalue weighted by Crippen LogP contribution is 2.31. The summed E-state index contributed by atoms with van der Waals surface area (Å²) in [6, 6.07) is 1.93. The Morgan fingerprint density at radius 3 is 2.50 bits per heavy atom. The Hall–Kier alpha value is -0.460. The molecule has 18 heavy (non-hydrogen) atoms. The van der Waals surface area contributed by atoms with Crippen LogP contribution < -0.4 is 0 Å². The molecular formula is C12H14BrN3S2. The summed E-state index contributed by atoms with van der Waals surface area (Å²) in [5.74, 6) is 0.840. The molecule has 0 fully saturated rings. The Kier molecular flexibility index (Phi) is 4.08. The van der Waals surface area contributed by atoms with Crippen LogP contribution in [0.3, 0.4) is 0 Å². The molecule has 2 heterocycles. The molecule has 0 spiro atoms. The molecule has 0 bridgehead atoms. The monoisotopic (exact) mass is 343 g/mol. The average molecular weight is 344 g/mol. The summed E-state index contributed by atoms with van der Waals surface area (Å²) in [6.45, 7) is 8.32. The fraction of sp³-hybridized carbons (Fsp3) is 0.417. The first kappa shape index (κ1) is 14.0. The predicted octanol–water partition coefficient (Wildman–Crippen LogP) is 4.45. The number of hydrogen-bond donors (Lipinski definition) is 0. The van der Waals surface area contributed by atoms with Crippen LogP contribution in [-0.4, -0.2) is 15.0 Å². The molecule has 3 nitrogen and oxygen atoms in total. The van der Waals surface area contributed by atoms with Crippen molar-refractivity contribution < 1.29 is 0 Å². The summed E-state index contributed by atoms with van der Waals surface area (Å²) in [4.78, 5) is 13.5. The first-order valence-corrected chi connectivity index (χ1v) is 7.98. The van der Waals surface area contributed by atoms with E-state index in [1.54, 1.807) is 23.1 Å². The van der Waals surface area contributed by atoms with Gasteiger partial charge in [-0.05, 0) is 34.6 Å². The molecule has 0 aliphatic carbocycles. The van der Waals surface area contributed by atoms with Gasteiger partial charge in [-0.25, -0.2) is 15.0 Å². The van der Waals surface area contributed by atoms with Crippen molar-refractivity contribution in [2.24, 2.45) is 0 Å². The molecule has 0 N–H and O–H groups in total. The van der Waals surface area contributed by atoms with E-state index in [2.05, 4.69) is 51.7 Å². The molecule has 0 aromatic carbocycles. The highest BCUT2D eigenvalue weighted by atomic mass is 79.9. The molecule has 0 saturated heterocycles. The van der Waals surface area contributed by atoms with Crippen LogP contribution in [0.25, 0.3) is 0 Å². The number of thiazole rings is 1. The molecule has 0 radical (unpaired) electrons. The zero-order chi connectivity index (χ0) is 13.3. The Labute approximate surface area is 124 Å². The van der Waals surface area contributed by atoms with Gasteiger partial charge in [-0.15, -0.1) is 11.3 Å². The fourth-order valence-electron chi connectivity index (χ4n) is 1.25. The lowest BCUT2D eigenvalue weighted by Gasteiger charge is -2.17. The molecule has 6 heteroatoms. The SMILES string of the molecule is Cc1csc(Sc2cc(Br)nc(C(C)(C)C)n2)n1. The standard InChI is InChI=1S/C12H14BrN3S2/c1-7-6-17-11(14-7)18-9-5-8(13)15-10(16-9)12(2,3)4/h5-6H,1-4H3. The highest BCUT2D eigenvalue weighted by molar-refractivity contribution is 9.10. The van der Waals surface area contributed by atoms with Gasteiger partial charge < -0.3 is 0 Å². The van der Waals surface area contributed by atoms with Crippen molar-refractivity contribution in [3.63, 3.8) is 0 Å². The van der Waals surface area contributed by atoms with E-state index in [0.717, 1.165) is 25.5 Å². The van der Waals surface area contributed by atoms with E-state index in [0.29, 0.717) is 0 Å². The molecule has 0 aliphatic heterocycles. The summed E-state index contributed by atoms with van der Waals surface area (Å²) >= 11 is 6.66. The predicted molar refractivity (Wildman–Crippen MR) is 79.4 cm³/mol. The number of hydrogen-bond acceptors (Lipinski definition) is 5. The lowest BCUT2D eigenvalue weighted by atomic mass is 9.96. The second-order valence-corrected chi connectivity index (χ2v) is 7.90. The number of aromatic nitrogens is 3. The van der Waals surface area contributed by atoms with Gasteiger partial charge in [0.1, 0.15) is 15.5 Å². The molecule has 0 amide bonds. The zero-order valence-corrected chi connectivity index (χ0v) is 13.9. The third kappa shape index (κ3) is 3.52. The van der Waals surface area contributed by atoms with Crippen molar-refractivity contribution in [2.45, 2.75) is 42.5 Å². The maximum absolute atomic E-state index is 4.60. The first-order valence-electron chi connectivity index (χ1n) is 5.49. The van der Waals surface area contributed by atoms with Gasteiger partial charge in [-0.3, -0.25) is 0 Å². The van der Waals surface area contributed by atoms with Crippen LogP contribution in [0.2, 0.25) is 0 Å². The zero-order valence-electron chi connectivity index (χ0n) is 10.7. The normalized spacial score (nSPS) is 11.8. The van der Waals surface area contributed by atoms with Crippen molar-refractivity contribution in [1.29, 1.82) is 0 Å². The van der Waals surface area contributed by atoms with Gasteiger partial charge in [-0.1, -0.05) is 20.8 Å². The number of aryl methyl sites for hydroxylation is 1. The molecule has 0 unspecified atom stereocenters. The van der Waals surface area contributed by atoms with Crippen LogP contribution in [0, 0.1) is 6.92 Å². The third-order valence-corrected chi connectivity index (χ3v) is 4.51. The summed E-state index contributed by atoms with van der Waals surface area (Å²) in [7, 11) is 0. The average Bonchev–Trinajstić information content (AvgIpc) is 2.61. The Morgan fingerprint density at radius 2 is 1.94 bits per heavy atom. The van der Waals surface area contributed by atoms with Crippen molar-refractivity contribution in [1.82, 2.24) is 15.0 Å². The van der Waals surface area contributed by atoms with E-state index < -0.39 is 0 Å². The molecule has 2 aromatic heterocycles. The lowest BCUT2D eigenvalue weighted by molar-refractivity contribution is 0.536. The van der Waals surface area contributed by atoms with E-state index in [-0.39, 0.29) is 5.41 Å². The van der Waals surface area contributed by atoms with Gasteiger partial charge in [0.15, 0.2) is 4.34 Å². The first-order chi connectivity index (χ1) is 8.34. The van der Waals surface area contributed by atoms with Crippen LogP contribution >= 0.6 is 39.0 Å². The summed E-state index contributed by atoms with van der Waals surface area (Å²) in [5, 5.41) is 2.97. The summed E-state index contributed by atoms with van der Waals surface area (Å²) in [6.07, 6.45) is 0. The second kappa shape index (κ2) is 5.27. The van der Waals surface area contributed by atoms with Crippen LogP contribution in [-0.2, 0) is 5.41 Å². The molecular weight excluding hydrogens is 330 g/mol. The van der Waals surface area contributed by atoms with Crippen molar-refractivity contribution in [3.8, 4) is 0 Å². The number of rotatable bonds is 2. The minimum Gasteiger partial charge on any atom is -0.235 e. The molecule has 0 saturated carbocycles. The Morgan fingerprint density at radius 1 is 1.22 bits per heavy atom. The van der Waals surface area contributed by atoms with Gasteiger partial charge in [0.25, 0.3) is 0 Å². The van der Waals surface area contributed by atoms with E-state index in [9.17, 15) is 0 Å². The fourth-order valence-corrected chi connectivity index (χ4v) is 3.57. The Balaban J connectivity index is 2.31. The highest BCUT2D eigenvalue weighted by Gasteiger charge is 2.19. The molecule has 2 rings (SSSR count). The van der Waals surface area contributed by atoms with Gasteiger partial charge in [-0.2, -0.15) is 0 Å². The van der Waals surface area contributed by atoms with Crippen LogP contribution in [0.15, 0.2) is 25.4 Å². The molecule has 96 valence electrons. The molecule has 0 atom stereocenters. The number of halogens is 1. The van der Waals surface area contributed by atoms with Crippen LogP contribution in [0.4, 0.5) is 0 Å². The van der Waals surface area contributed by atoms with Gasteiger partial charge in [0, 0.05) is 22.6 Å². The summed E-state index contributed by atoms with van der Waals surface area (Å²) in [5.41, 5.74) is 0.990. The second-order valence-electron chi connectivity index (χ2n) is 4.96. The van der Waals surface area contributed by atoms with Gasteiger partial charge in [0.05, 0.1) is 0 Å². The largest absolute Gasteiger partial charge is 0.235 e. The van der Waals surface area contributed by atoms with E-state index >= 15 is 0 Å².